The van der Waals surface area contributed by atoms with Gasteiger partial charge in [0, 0.05) is 6.04 Å². The van der Waals surface area contributed by atoms with Crippen LogP contribution in [0.15, 0.2) is 24.3 Å². The van der Waals surface area contributed by atoms with E-state index >= 15 is 0 Å². The Bertz CT molecular complexity index is 393. The average molecular weight is 250 g/mol. The van der Waals surface area contributed by atoms with E-state index in [-0.39, 0.29) is 11.9 Å². The lowest BCUT2D eigenvalue weighted by atomic mass is 10.2. The zero-order chi connectivity index (χ0) is 13.5. The van der Waals surface area contributed by atoms with Gasteiger partial charge in [-0.2, -0.15) is 0 Å². The molecule has 4 heteroatoms. The molecule has 0 radical (unpaired) electrons. The van der Waals surface area contributed by atoms with Gasteiger partial charge in [-0.1, -0.05) is 25.5 Å². The molecule has 2 atom stereocenters. The Morgan fingerprint density at radius 1 is 1.39 bits per heavy atom. The highest BCUT2D eigenvalue weighted by Gasteiger charge is 2.17. The van der Waals surface area contributed by atoms with Gasteiger partial charge in [-0.25, -0.2) is 0 Å². The fourth-order valence-electron chi connectivity index (χ4n) is 1.70. The van der Waals surface area contributed by atoms with E-state index in [1.165, 1.54) is 0 Å². The molecule has 0 aliphatic heterocycles. The molecule has 3 N–H and O–H groups in total. The summed E-state index contributed by atoms with van der Waals surface area (Å²) in [5.74, 6) is 0.433. The van der Waals surface area contributed by atoms with E-state index in [0.29, 0.717) is 11.4 Å². The van der Waals surface area contributed by atoms with Crippen molar-refractivity contribution in [3.8, 4) is 5.75 Å². The number of nitrogens with one attached hydrogen (secondary N) is 1. The van der Waals surface area contributed by atoms with Crippen molar-refractivity contribution in [1.82, 2.24) is 5.32 Å². The maximum atomic E-state index is 11.9. The largest absolute Gasteiger partial charge is 0.479 e. The maximum absolute atomic E-state index is 11.9. The van der Waals surface area contributed by atoms with Crippen molar-refractivity contribution in [2.24, 2.45) is 0 Å². The normalized spacial score (nSPS) is 13.7. The number of amides is 1. The standard InChI is InChI=1S/C14H22N2O2/c1-4-7-10(2)16-14(17)11(3)18-13-9-6-5-8-12(13)15/h5-6,8-11H,4,7,15H2,1-3H3,(H,16,17). The van der Waals surface area contributed by atoms with Crippen molar-refractivity contribution < 1.29 is 9.53 Å². The lowest BCUT2D eigenvalue weighted by Gasteiger charge is -2.19. The van der Waals surface area contributed by atoms with Crippen LogP contribution in [0.2, 0.25) is 0 Å². The van der Waals surface area contributed by atoms with Crippen LogP contribution in [0.25, 0.3) is 0 Å². The zero-order valence-electron chi connectivity index (χ0n) is 11.3. The van der Waals surface area contributed by atoms with E-state index in [9.17, 15) is 4.79 Å². The minimum atomic E-state index is -0.547. The molecule has 18 heavy (non-hydrogen) atoms. The van der Waals surface area contributed by atoms with Crippen LogP contribution in [0, 0.1) is 0 Å². The fraction of sp³-hybridized carbons (Fsp3) is 0.500. The number of rotatable bonds is 6. The lowest BCUT2D eigenvalue weighted by molar-refractivity contribution is -0.127. The number of para-hydroxylation sites is 2. The Hall–Kier alpha value is -1.71. The van der Waals surface area contributed by atoms with Gasteiger partial charge in [0.05, 0.1) is 5.69 Å². The van der Waals surface area contributed by atoms with Crippen LogP contribution in [0.3, 0.4) is 0 Å². The van der Waals surface area contributed by atoms with Gasteiger partial charge in [0.2, 0.25) is 0 Å². The molecule has 2 unspecified atom stereocenters. The van der Waals surface area contributed by atoms with E-state index in [4.69, 9.17) is 10.5 Å². The van der Waals surface area contributed by atoms with E-state index < -0.39 is 6.10 Å². The van der Waals surface area contributed by atoms with E-state index in [1.54, 1.807) is 19.1 Å². The maximum Gasteiger partial charge on any atom is 0.260 e. The summed E-state index contributed by atoms with van der Waals surface area (Å²) in [5, 5.41) is 2.92. The highest BCUT2D eigenvalue weighted by Crippen LogP contribution is 2.21. The van der Waals surface area contributed by atoms with Gasteiger partial charge in [0.15, 0.2) is 6.10 Å². The first-order valence-electron chi connectivity index (χ1n) is 6.36. The van der Waals surface area contributed by atoms with Crippen molar-refractivity contribution in [3.63, 3.8) is 0 Å². The van der Waals surface area contributed by atoms with Gasteiger partial charge in [0.25, 0.3) is 5.91 Å². The highest BCUT2D eigenvalue weighted by atomic mass is 16.5. The lowest BCUT2D eigenvalue weighted by Crippen LogP contribution is -2.41. The van der Waals surface area contributed by atoms with Crippen molar-refractivity contribution in [2.75, 3.05) is 5.73 Å². The minimum absolute atomic E-state index is 0.112. The molecule has 4 nitrogen and oxygen atoms in total. The molecule has 0 spiro atoms. The van der Waals surface area contributed by atoms with E-state index in [2.05, 4.69) is 12.2 Å². The van der Waals surface area contributed by atoms with Crippen molar-refractivity contribution in [2.45, 2.75) is 45.8 Å². The van der Waals surface area contributed by atoms with Crippen molar-refractivity contribution in [3.05, 3.63) is 24.3 Å². The van der Waals surface area contributed by atoms with Gasteiger partial charge in [-0.15, -0.1) is 0 Å². The Kier molecular flexibility index (Phi) is 5.49. The number of ether oxygens (including phenoxy) is 1. The summed E-state index contributed by atoms with van der Waals surface area (Å²) in [6, 6.07) is 7.34. The van der Waals surface area contributed by atoms with Gasteiger partial charge in [-0.05, 0) is 32.4 Å². The van der Waals surface area contributed by atoms with Crippen molar-refractivity contribution >= 4 is 11.6 Å². The summed E-state index contributed by atoms with van der Waals surface area (Å²) in [6.45, 7) is 5.80. The third-order valence-corrected chi connectivity index (χ3v) is 2.70. The topological polar surface area (TPSA) is 64.3 Å². The fourth-order valence-corrected chi connectivity index (χ4v) is 1.70. The number of nitrogens with two attached hydrogens (primary N) is 1. The SMILES string of the molecule is CCCC(C)NC(=O)C(C)Oc1ccccc1N. The quantitative estimate of drug-likeness (QED) is 0.762. The van der Waals surface area contributed by atoms with Gasteiger partial charge in [0.1, 0.15) is 5.75 Å². The van der Waals surface area contributed by atoms with Gasteiger partial charge >= 0.3 is 0 Å². The van der Waals surface area contributed by atoms with Crippen LogP contribution in [-0.4, -0.2) is 18.1 Å². The highest BCUT2D eigenvalue weighted by molar-refractivity contribution is 5.81. The molecule has 0 heterocycles. The molecule has 0 aliphatic rings. The average Bonchev–Trinajstić information content (AvgIpc) is 2.32. The minimum Gasteiger partial charge on any atom is -0.479 e. The molecule has 1 aromatic carbocycles. The second kappa shape index (κ2) is 6.89. The van der Waals surface area contributed by atoms with Gasteiger partial charge in [-0.3, -0.25) is 4.79 Å². The number of nitrogen functional groups attached to an aromatic ring is 1. The number of benzene rings is 1. The summed E-state index contributed by atoms with van der Waals surface area (Å²) in [7, 11) is 0. The second-order valence-electron chi connectivity index (χ2n) is 4.50. The van der Waals surface area contributed by atoms with Crippen LogP contribution in [-0.2, 0) is 4.79 Å². The molecule has 0 bridgehead atoms. The first-order chi connectivity index (χ1) is 8.54. The zero-order valence-corrected chi connectivity index (χ0v) is 11.3. The van der Waals surface area contributed by atoms with Crippen LogP contribution >= 0.6 is 0 Å². The monoisotopic (exact) mass is 250 g/mol. The predicted molar refractivity (Wildman–Crippen MR) is 73.5 cm³/mol. The van der Waals surface area contributed by atoms with Crippen LogP contribution < -0.4 is 15.8 Å². The molecule has 0 aromatic heterocycles. The molecule has 0 saturated heterocycles. The second-order valence-corrected chi connectivity index (χ2v) is 4.50. The Morgan fingerprint density at radius 2 is 2.06 bits per heavy atom. The molecular weight excluding hydrogens is 228 g/mol. The third-order valence-electron chi connectivity index (χ3n) is 2.70. The molecule has 0 fully saturated rings. The first-order valence-corrected chi connectivity index (χ1v) is 6.36. The number of carbonyl (C=O) groups excluding carboxylic acids is 1. The first kappa shape index (κ1) is 14.4. The molecule has 1 aromatic rings. The number of hydrogen-bond donors (Lipinski definition) is 2. The van der Waals surface area contributed by atoms with Crippen molar-refractivity contribution in [1.29, 1.82) is 0 Å². The molecule has 1 amide bonds. The summed E-state index contributed by atoms with van der Waals surface area (Å²) in [4.78, 5) is 11.9. The van der Waals surface area contributed by atoms with Crippen LogP contribution in [0.1, 0.15) is 33.6 Å². The predicted octanol–water partition coefficient (Wildman–Crippen LogP) is 2.34. The summed E-state index contributed by atoms with van der Waals surface area (Å²) >= 11 is 0. The van der Waals surface area contributed by atoms with Crippen LogP contribution in [0.4, 0.5) is 5.69 Å². The van der Waals surface area contributed by atoms with E-state index in [0.717, 1.165) is 12.8 Å². The number of hydrogen-bond acceptors (Lipinski definition) is 3. The third kappa shape index (κ3) is 4.28. The Balaban J connectivity index is 2.52. The Labute approximate surface area is 109 Å². The van der Waals surface area contributed by atoms with Gasteiger partial charge < -0.3 is 15.8 Å². The van der Waals surface area contributed by atoms with Crippen LogP contribution in [0.5, 0.6) is 5.75 Å². The summed E-state index contributed by atoms with van der Waals surface area (Å²) in [5.41, 5.74) is 6.30. The molecule has 100 valence electrons. The molecular formula is C14H22N2O2. The molecule has 0 aliphatic carbocycles. The smallest absolute Gasteiger partial charge is 0.260 e. The summed E-state index contributed by atoms with van der Waals surface area (Å²) < 4.78 is 5.55. The van der Waals surface area contributed by atoms with E-state index in [1.807, 2.05) is 19.1 Å². The number of carbonyl (C=O) groups is 1. The Morgan fingerprint density at radius 3 is 2.67 bits per heavy atom. The molecule has 0 saturated carbocycles. The number of anilines is 1. The molecule has 1 rings (SSSR count). The summed E-state index contributed by atoms with van der Waals surface area (Å²) in [6.07, 6.45) is 1.46.